The van der Waals surface area contributed by atoms with E-state index in [2.05, 4.69) is 21.2 Å². The fourth-order valence-electron chi connectivity index (χ4n) is 3.94. The first-order valence-corrected chi connectivity index (χ1v) is 10.7. The number of fused-ring (bicyclic) bond motifs is 1. The van der Waals surface area contributed by atoms with Crippen molar-refractivity contribution in [1.29, 1.82) is 5.26 Å². The van der Waals surface area contributed by atoms with Crippen LogP contribution in [-0.4, -0.2) is 21.8 Å². The lowest BCUT2D eigenvalue weighted by Gasteiger charge is -2.10. The van der Waals surface area contributed by atoms with E-state index in [9.17, 15) is 15.2 Å². The summed E-state index contributed by atoms with van der Waals surface area (Å²) in [4.78, 5) is 13.5. The Morgan fingerprint density at radius 3 is 2.83 bits per heavy atom. The van der Waals surface area contributed by atoms with Crippen LogP contribution < -0.4 is 5.43 Å². The molecule has 0 atom stereocenters. The number of hydrazone groups is 1. The Morgan fingerprint density at radius 1 is 1.30 bits per heavy atom. The van der Waals surface area contributed by atoms with E-state index in [1.54, 1.807) is 29.7 Å². The minimum atomic E-state index is -0.476. The minimum Gasteiger partial charge on any atom is -0.507 e. The lowest BCUT2D eigenvalue weighted by molar-refractivity contribution is 0.0952. The zero-order valence-electron chi connectivity index (χ0n) is 16.9. The van der Waals surface area contributed by atoms with E-state index in [1.807, 2.05) is 19.9 Å². The number of phenolic OH excluding ortho intramolecular Hbond substituents is 1. The molecule has 0 spiro atoms. The van der Waals surface area contributed by atoms with Gasteiger partial charge in [-0.1, -0.05) is 12.1 Å². The number of benzene rings is 1. The van der Waals surface area contributed by atoms with Crippen LogP contribution in [0.25, 0.3) is 5.00 Å². The molecule has 0 aliphatic heterocycles. The Hall–Kier alpha value is -3.37. The van der Waals surface area contributed by atoms with Gasteiger partial charge in [0, 0.05) is 21.8 Å². The number of hydrogen-bond donors (Lipinski definition) is 2. The monoisotopic (exact) mass is 418 g/mol. The van der Waals surface area contributed by atoms with E-state index in [0.717, 1.165) is 46.8 Å². The van der Waals surface area contributed by atoms with Crippen molar-refractivity contribution in [2.75, 3.05) is 0 Å². The number of rotatable bonds is 4. The van der Waals surface area contributed by atoms with Gasteiger partial charge >= 0.3 is 0 Å². The molecule has 2 N–H and O–H groups in total. The van der Waals surface area contributed by atoms with Crippen molar-refractivity contribution in [3.05, 3.63) is 68.9 Å². The summed E-state index contributed by atoms with van der Waals surface area (Å²) in [7, 11) is 0. The first-order valence-electron chi connectivity index (χ1n) is 9.86. The number of carbonyl (C=O) groups is 1. The van der Waals surface area contributed by atoms with Gasteiger partial charge in [-0.15, -0.1) is 11.3 Å². The first-order chi connectivity index (χ1) is 14.5. The highest BCUT2D eigenvalue weighted by atomic mass is 32.1. The molecule has 1 aliphatic carbocycles. The van der Waals surface area contributed by atoms with E-state index < -0.39 is 5.91 Å². The second kappa shape index (κ2) is 8.17. The predicted octanol–water partition coefficient (Wildman–Crippen LogP) is 4.38. The summed E-state index contributed by atoms with van der Waals surface area (Å²) in [5, 5.41) is 24.6. The van der Waals surface area contributed by atoms with Gasteiger partial charge in [0.25, 0.3) is 5.91 Å². The van der Waals surface area contributed by atoms with Crippen LogP contribution in [0.4, 0.5) is 0 Å². The number of nitrogens with one attached hydrogen (secondary N) is 1. The highest BCUT2D eigenvalue weighted by Gasteiger charge is 2.23. The Bertz CT molecular complexity index is 1200. The molecule has 1 amide bonds. The summed E-state index contributed by atoms with van der Waals surface area (Å²) < 4.78 is 2.10. The molecule has 0 saturated carbocycles. The minimum absolute atomic E-state index is 0.0888. The molecule has 0 bridgehead atoms. The summed E-state index contributed by atoms with van der Waals surface area (Å²) in [6.45, 7) is 3.99. The molecule has 1 aromatic carbocycles. The van der Waals surface area contributed by atoms with Gasteiger partial charge in [-0.2, -0.15) is 10.4 Å². The van der Waals surface area contributed by atoms with Crippen molar-refractivity contribution in [1.82, 2.24) is 9.99 Å². The fourth-order valence-corrected chi connectivity index (χ4v) is 5.39. The van der Waals surface area contributed by atoms with Crippen molar-refractivity contribution in [2.24, 2.45) is 5.10 Å². The third-order valence-electron chi connectivity index (χ3n) is 5.46. The summed E-state index contributed by atoms with van der Waals surface area (Å²) in [6, 6.07) is 10.7. The third kappa shape index (κ3) is 3.51. The molecule has 7 heteroatoms. The number of aryl methyl sites for hydroxylation is 2. The fraction of sp³-hybridized carbons (Fsp3) is 0.261. The van der Waals surface area contributed by atoms with Crippen LogP contribution in [0.2, 0.25) is 0 Å². The van der Waals surface area contributed by atoms with Crippen LogP contribution in [0.3, 0.4) is 0 Å². The highest BCUT2D eigenvalue weighted by Crippen LogP contribution is 2.38. The van der Waals surface area contributed by atoms with Gasteiger partial charge in [0.15, 0.2) is 0 Å². The SMILES string of the molecule is Cc1cc(/C=N\NC(=O)c2ccccc2O)c(C)n1-c1sc2c(c1C#N)CCCC2. The molecule has 3 aromatic rings. The van der Waals surface area contributed by atoms with Crippen LogP contribution in [0.15, 0.2) is 35.4 Å². The number of amides is 1. The molecule has 4 rings (SSSR count). The Kier molecular flexibility index (Phi) is 5.42. The number of nitriles is 1. The van der Waals surface area contributed by atoms with Gasteiger partial charge in [0.1, 0.15) is 16.8 Å². The van der Waals surface area contributed by atoms with E-state index in [1.165, 1.54) is 29.0 Å². The molecule has 1 aliphatic rings. The number of carbonyl (C=O) groups excluding carboxylic acids is 1. The molecule has 152 valence electrons. The van der Waals surface area contributed by atoms with Gasteiger partial charge in [-0.3, -0.25) is 4.79 Å². The summed E-state index contributed by atoms with van der Waals surface area (Å²) in [5.74, 6) is -0.565. The summed E-state index contributed by atoms with van der Waals surface area (Å²) in [6.07, 6.45) is 5.92. The predicted molar refractivity (Wildman–Crippen MR) is 118 cm³/mol. The van der Waals surface area contributed by atoms with E-state index in [4.69, 9.17) is 0 Å². The zero-order chi connectivity index (χ0) is 21.3. The molecule has 0 saturated heterocycles. The number of hydrogen-bond acceptors (Lipinski definition) is 5. The van der Waals surface area contributed by atoms with E-state index in [-0.39, 0.29) is 11.3 Å². The Morgan fingerprint density at radius 2 is 2.07 bits per heavy atom. The average Bonchev–Trinajstić information content (AvgIpc) is 3.24. The van der Waals surface area contributed by atoms with Crippen molar-refractivity contribution < 1.29 is 9.90 Å². The smallest absolute Gasteiger partial charge is 0.275 e. The quantitative estimate of drug-likeness (QED) is 0.487. The molecule has 6 nitrogen and oxygen atoms in total. The normalized spacial score (nSPS) is 13.2. The second-order valence-corrected chi connectivity index (χ2v) is 8.46. The van der Waals surface area contributed by atoms with Crippen molar-refractivity contribution >= 4 is 23.5 Å². The molecule has 0 unspecified atom stereocenters. The van der Waals surface area contributed by atoms with Gasteiger partial charge in [0.05, 0.1) is 17.3 Å². The van der Waals surface area contributed by atoms with Gasteiger partial charge < -0.3 is 9.67 Å². The highest BCUT2D eigenvalue weighted by molar-refractivity contribution is 7.15. The average molecular weight is 419 g/mol. The van der Waals surface area contributed by atoms with Crippen LogP contribution >= 0.6 is 11.3 Å². The maximum atomic E-state index is 12.2. The Labute approximate surface area is 179 Å². The zero-order valence-corrected chi connectivity index (χ0v) is 17.7. The van der Waals surface area contributed by atoms with Gasteiger partial charge in [-0.25, -0.2) is 5.43 Å². The Balaban J connectivity index is 1.61. The van der Waals surface area contributed by atoms with E-state index >= 15 is 0 Å². The summed E-state index contributed by atoms with van der Waals surface area (Å²) >= 11 is 1.71. The lowest BCUT2D eigenvalue weighted by Crippen LogP contribution is -2.17. The van der Waals surface area contributed by atoms with Crippen LogP contribution in [-0.2, 0) is 12.8 Å². The molecular weight excluding hydrogens is 396 g/mol. The number of aromatic hydroxyl groups is 1. The number of thiophene rings is 1. The molecular formula is C23H22N4O2S. The van der Waals surface area contributed by atoms with Crippen molar-refractivity contribution in [3.8, 4) is 16.8 Å². The van der Waals surface area contributed by atoms with Crippen molar-refractivity contribution in [2.45, 2.75) is 39.5 Å². The van der Waals surface area contributed by atoms with Crippen LogP contribution in [0.5, 0.6) is 5.75 Å². The van der Waals surface area contributed by atoms with Gasteiger partial charge in [0.2, 0.25) is 0 Å². The second-order valence-electron chi connectivity index (χ2n) is 7.38. The van der Waals surface area contributed by atoms with Crippen molar-refractivity contribution in [3.63, 3.8) is 0 Å². The number of phenols is 1. The summed E-state index contributed by atoms with van der Waals surface area (Å²) in [5.41, 5.74) is 7.45. The maximum Gasteiger partial charge on any atom is 0.275 e. The number of aromatic nitrogens is 1. The molecule has 30 heavy (non-hydrogen) atoms. The largest absolute Gasteiger partial charge is 0.507 e. The first kappa shape index (κ1) is 19.9. The van der Waals surface area contributed by atoms with E-state index in [0.29, 0.717) is 0 Å². The van der Waals surface area contributed by atoms with Crippen LogP contribution in [0.1, 0.15) is 56.2 Å². The molecule has 2 aromatic heterocycles. The lowest BCUT2D eigenvalue weighted by atomic mass is 9.96. The molecule has 0 fully saturated rings. The third-order valence-corrected chi connectivity index (χ3v) is 6.73. The van der Waals surface area contributed by atoms with Gasteiger partial charge in [-0.05, 0) is 63.3 Å². The molecule has 0 radical (unpaired) electrons. The van der Waals surface area contributed by atoms with Crippen LogP contribution in [0, 0.1) is 25.2 Å². The topological polar surface area (TPSA) is 90.4 Å². The standard InChI is InChI=1S/C23H22N4O2S/c1-14-11-16(13-25-26-22(29)18-8-3-5-9-20(18)28)15(2)27(14)23-19(12-24)17-7-4-6-10-21(17)30-23/h3,5,8-9,11,13,28H,4,6-7,10H2,1-2H3,(H,26,29)/b25-13-. The number of nitrogens with zero attached hydrogens (tertiary/aromatic N) is 3. The maximum absolute atomic E-state index is 12.2. The molecule has 2 heterocycles. The number of para-hydroxylation sites is 1.